The lowest BCUT2D eigenvalue weighted by Gasteiger charge is -2.08. The van der Waals surface area contributed by atoms with Gasteiger partial charge in [0.1, 0.15) is 5.52 Å². The second-order valence-electron chi connectivity index (χ2n) is 3.69. The first-order valence-corrected chi connectivity index (χ1v) is 6.77. The van der Waals surface area contributed by atoms with Gasteiger partial charge in [0.25, 0.3) is 0 Å². The maximum Gasteiger partial charge on any atom is 0.226 e. The molecule has 3 rings (SSSR count). The van der Waals surface area contributed by atoms with E-state index in [1.54, 1.807) is 6.07 Å². The fourth-order valence-electron chi connectivity index (χ4n) is 1.62. The maximum absolute atomic E-state index is 6.15. The number of rotatable bonds is 2. The zero-order valence-corrected chi connectivity index (χ0v) is 12.4. The molecule has 96 valence electrons. The van der Waals surface area contributed by atoms with Gasteiger partial charge in [-0.1, -0.05) is 27.5 Å². The number of fused-ring (bicyclic) bond motifs is 1. The number of hydrogen-bond acceptors (Lipinski definition) is 4. The van der Waals surface area contributed by atoms with Gasteiger partial charge in [-0.3, -0.25) is 0 Å². The Morgan fingerprint density at radius 1 is 1.21 bits per heavy atom. The van der Waals surface area contributed by atoms with Gasteiger partial charge in [-0.2, -0.15) is 9.97 Å². The van der Waals surface area contributed by atoms with Crippen LogP contribution in [0.25, 0.3) is 11.2 Å². The van der Waals surface area contributed by atoms with Crippen LogP contribution in [0.5, 0.6) is 0 Å². The summed E-state index contributed by atoms with van der Waals surface area (Å²) in [6, 6.07) is 5.50. The molecule has 0 aliphatic carbocycles. The van der Waals surface area contributed by atoms with Crippen molar-refractivity contribution >= 4 is 61.8 Å². The van der Waals surface area contributed by atoms with E-state index in [4.69, 9.17) is 23.2 Å². The Hall–Kier alpha value is -1.37. The summed E-state index contributed by atoms with van der Waals surface area (Å²) in [6.07, 6.45) is 1.53. The van der Waals surface area contributed by atoms with E-state index in [-0.39, 0.29) is 5.28 Å². The Labute approximate surface area is 126 Å². The van der Waals surface area contributed by atoms with E-state index in [2.05, 4.69) is 41.2 Å². The number of nitrogens with one attached hydrogen (secondary N) is 2. The molecule has 0 unspecified atom stereocenters. The Morgan fingerprint density at radius 3 is 2.84 bits per heavy atom. The second-order valence-corrected chi connectivity index (χ2v) is 5.35. The first-order valence-electron chi connectivity index (χ1n) is 5.22. The van der Waals surface area contributed by atoms with Crippen molar-refractivity contribution < 1.29 is 0 Å². The van der Waals surface area contributed by atoms with Gasteiger partial charge in [-0.25, -0.2) is 4.98 Å². The predicted molar refractivity (Wildman–Crippen MR) is 79.1 cm³/mol. The number of imidazole rings is 1. The van der Waals surface area contributed by atoms with Crippen LogP contribution in [0, 0.1) is 0 Å². The highest BCUT2D eigenvalue weighted by atomic mass is 79.9. The van der Waals surface area contributed by atoms with Crippen molar-refractivity contribution in [2.75, 3.05) is 5.32 Å². The van der Waals surface area contributed by atoms with Crippen LogP contribution >= 0.6 is 39.1 Å². The third kappa shape index (κ3) is 2.51. The standard InChI is InChI=1S/C11H6BrCl2N5/c12-5-1-2-7(6(13)3-5)17-10-8-9(16-4-15-8)18-11(14)19-10/h1-4H,(H2,15,16,17,18,19). The minimum atomic E-state index is 0.121. The normalized spacial score (nSPS) is 10.9. The monoisotopic (exact) mass is 357 g/mol. The molecular formula is C11H6BrCl2N5. The highest BCUT2D eigenvalue weighted by Crippen LogP contribution is 2.30. The Kier molecular flexibility index (Phi) is 3.30. The number of aromatic nitrogens is 4. The third-order valence-electron chi connectivity index (χ3n) is 2.44. The second kappa shape index (κ2) is 4.96. The molecule has 0 amide bonds. The summed E-state index contributed by atoms with van der Waals surface area (Å²) in [6.45, 7) is 0. The van der Waals surface area contributed by atoms with Crippen LogP contribution < -0.4 is 5.32 Å². The third-order valence-corrected chi connectivity index (χ3v) is 3.42. The summed E-state index contributed by atoms with van der Waals surface area (Å²) < 4.78 is 0.899. The minimum Gasteiger partial charge on any atom is -0.340 e. The quantitative estimate of drug-likeness (QED) is 0.675. The number of halogens is 3. The molecule has 19 heavy (non-hydrogen) atoms. The molecule has 2 N–H and O–H groups in total. The summed E-state index contributed by atoms with van der Waals surface area (Å²) in [4.78, 5) is 15.1. The molecule has 0 aliphatic heterocycles. The van der Waals surface area contributed by atoms with Crippen molar-refractivity contribution in [3.63, 3.8) is 0 Å². The summed E-state index contributed by atoms with van der Waals surface area (Å²) >= 11 is 15.4. The van der Waals surface area contributed by atoms with Crippen LogP contribution in [-0.2, 0) is 0 Å². The molecule has 5 nitrogen and oxygen atoms in total. The Morgan fingerprint density at radius 2 is 2.05 bits per heavy atom. The molecule has 0 aliphatic rings. The van der Waals surface area contributed by atoms with Gasteiger partial charge in [0.15, 0.2) is 11.5 Å². The van der Waals surface area contributed by atoms with Crippen LogP contribution in [0.15, 0.2) is 29.0 Å². The zero-order chi connectivity index (χ0) is 13.4. The molecule has 0 fully saturated rings. The topological polar surface area (TPSA) is 66.5 Å². The van der Waals surface area contributed by atoms with Crippen molar-refractivity contribution in [3.05, 3.63) is 39.3 Å². The number of nitrogens with zero attached hydrogens (tertiary/aromatic N) is 3. The molecule has 3 aromatic rings. The number of hydrogen-bond donors (Lipinski definition) is 2. The van der Waals surface area contributed by atoms with E-state index in [0.29, 0.717) is 22.0 Å². The lowest BCUT2D eigenvalue weighted by Crippen LogP contribution is -1.97. The first kappa shape index (κ1) is 12.7. The van der Waals surface area contributed by atoms with Gasteiger partial charge in [0, 0.05) is 4.47 Å². The van der Waals surface area contributed by atoms with Gasteiger partial charge < -0.3 is 10.3 Å². The molecule has 2 heterocycles. The fraction of sp³-hybridized carbons (Fsp3) is 0. The van der Waals surface area contributed by atoms with E-state index in [1.807, 2.05) is 12.1 Å². The summed E-state index contributed by atoms with van der Waals surface area (Å²) in [5.74, 6) is 0.525. The van der Waals surface area contributed by atoms with Crippen molar-refractivity contribution in [1.82, 2.24) is 19.9 Å². The van der Waals surface area contributed by atoms with Crippen LogP contribution in [0.2, 0.25) is 10.3 Å². The molecule has 0 saturated heterocycles. The van der Waals surface area contributed by atoms with Crippen molar-refractivity contribution in [3.8, 4) is 0 Å². The average Bonchev–Trinajstić information content (AvgIpc) is 2.80. The van der Waals surface area contributed by atoms with Crippen LogP contribution in [0.3, 0.4) is 0 Å². The fourth-order valence-corrected chi connectivity index (χ4v) is 2.50. The molecule has 0 saturated carbocycles. The zero-order valence-electron chi connectivity index (χ0n) is 9.28. The average molecular weight is 359 g/mol. The number of aromatic amines is 1. The van der Waals surface area contributed by atoms with E-state index < -0.39 is 0 Å². The van der Waals surface area contributed by atoms with Gasteiger partial charge in [-0.15, -0.1) is 0 Å². The lowest BCUT2D eigenvalue weighted by molar-refractivity contribution is 1.20. The largest absolute Gasteiger partial charge is 0.340 e. The SMILES string of the molecule is Clc1nc(Nc2ccc(Br)cc2Cl)c2[nH]cnc2n1. The van der Waals surface area contributed by atoms with Crippen LogP contribution in [0.4, 0.5) is 11.5 Å². The molecule has 0 bridgehead atoms. The highest BCUT2D eigenvalue weighted by molar-refractivity contribution is 9.10. The van der Waals surface area contributed by atoms with Gasteiger partial charge in [0.05, 0.1) is 17.0 Å². The highest BCUT2D eigenvalue weighted by Gasteiger charge is 2.10. The molecule has 0 atom stereocenters. The summed E-state index contributed by atoms with van der Waals surface area (Å²) in [5, 5.41) is 3.80. The number of H-pyrrole nitrogens is 1. The minimum absolute atomic E-state index is 0.121. The van der Waals surface area contributed by atoms with Crippen LogP contribution in [-0.4, -0.2) is 19.9 Å². The van der Waals surface area contributed by atoms with Crippen molar-refractivity contribution in [2.45, 2.75) is 0 Å². The number of anilines is 2. The van der Waals surface area contributed by atoms with Crippen molar-refractivity contribution in [1.29, 1.82) is 0 Å². The maximum atomic E-state index is 6.15. The van der Waals surface area contributed by atoms with E-state index in [9.17, 15) is 0 Å². The summed E-state index contributed by atoms with van der Waals surface area (Å²) in [5.41, 5.74) is 1.88. The Bertz CT molecular complexity index is 758. The number of benzene rings is 1. The molecular weight excluding hydrogens is 353 g/mol. The predicted octanol–water partition coefficient (Wildman–Crippen LogP) is 4.17. The van der Waals surface area contributed by atoms with Gasteiger partial charge >= 0.3 is 0 Å². The van der Waals surface area contributed by atoms with E-state index in [1.165, 1.54) is 6.33 Å². The molecule has 1 aromatic carbocycles. The van der Waals surface area contributed by atoms with Crippen LogP contribution in [0.1, 0.15) is 0 Å². The van der Waals surface area contributed by atoms with E-state index in [0.717, 1.165) is 10.2 Å². The van der Waals surface area contributed by atoms with Crippen molar-refractivity contribution in [2.24, 2.45) is 0 Å². The first-order chi connectivity index (χ1) is 9.13. The molecule has 0 spiro atoms. The Balaban J connectivity index is 2.07. The van der Waals surface area contributed by atoms with Gasteiger partial charge in [0.2, 0.25) is 5.28 Å². The van der Waals surface area contributed by atoms with E-state index >= 15 is 0 Å². The molecule has 2 aromatic heterocycles. The lowest BCUT2D eigenvalue weighted by atomic mass is 10.3. The van der Waals surface area contributed by atoms with Gasteiger partial charge in [-0.05, 0) is 29.8 Å². The summed E-state index contributed by atoms with van der Waals surface area (Å²) in [7, 11) is 0. The molecule has 0 radical (unpaired) electrons. The molecule has 8 heteroatoms. The smallest absolute Gasteiger partial charge is 0.226 e.